The van der Waals surface area contributed by atoms with Crippen molar-refractivity contribution in [2.75, 3.05) is 0 Å². The first-order valence-corrected chi connectivity index (χ1v) is 4.83. The summed E-state index contributed by atoms with van der Waals surface area (Å²) in [6.45, 7) is 0. The Morgan fingerprint density at radius 1 is 0.389 bits per heavy atom. The van der Waals surface area contributed by atoms with Crippen molar-refractivity contribution in [3.8, 4) is 0 Å². The Morgan fingerprint density at radius 3 is 1.11 bits per heavy atom. The summed E-state index contributed by atoms with van der Waals surface area (Å²) in [5, 5.41) is 14.0. The van der Waals surface area contributed by atoms with Crippen LogP contribution >= 0.6 is 0 Å². The molecule has 8 heteroatoms. The lowest BCUT2D eigenvalue weighted by Crippen LogP contribution is -1.75. The van der Waals surface area contributed by atoms with E-state index in [1.807, 2.05) is 12.1 Å². The van der Waals surface area contributed by atoms with Gasteiger partial charge in [-0.05, 0) is 12.1 Å². The quantitative estimate of drug-likeness (QED) is 0.551. The van der Waals surface area contributed by atoms with Gasteiger partial charge in [0.1, 0.15) is 25.3 Å². The van der Waals surface area contributed by atoms with Crippen LogP contribution in [0, 0.1) is 0 Å². The van der Waals surface area contributed by atoms with E-state index >= 15 is 0 Å². The van der Waals surface area contributed by atoms with Crippen LogP contribution < -0.4 is 0 Å². The second-order valence-corrected chi connectivity index (χ2v) is 2.50. The first-order valence-electron chi connectivity index (χ1n) is 4.83. The van der Waals surface area contributed by atoms with E-state index in [9.17, 15) is 0 Å². The first-order chi connectivity index (χ1) is 9.00. The van der Waals surface area contributed by atoms with Crippen LogP contribution in [0.15, 0.2) is 62.2 Å². The highest BCUT2D eigenvalue weighted by Gasteiger charge is 1.61. The molecule has 0 saturated carbocycles. The van der Waals surface area contributed by atoms with E-state index in [1.165, 1.54) is 31.5 Å². The van der Waals surface area contributed by atoms with E-state index < -0.39 is 0 Å². The van der Waals surface area contributed by atoms with Gasteiger partial charge in [0.05, 0.1) is 6.20 Å². The first kappa shape index (κ1) is 13.2. The molecule has 3 heterocycles. The van der Waals surface area contributed by atoms with Crippen LogP contribution in [-0.4, -0.2) is 40.3 Å². The fraction of sp³-hybridized carbons (Fsp3) is 0. The van der Waals surface area contributed by atoms with Gasteiger partial charge in [-0.3, -0.25) is 0 Å². The van der Waals surface area contributed by atoms with Crippen molar-refractivity contribution in [1.29, 1.82) is 0 Å². The summed E-state index contributed by atoms with van der Waals surface area (Å²) in [6, 6.07) is 3.65. The van der Waals surface area contributed by atoms with Crippen LogP contribution in [0.3, 0.4) is 0 Å². The van der Waals surface area contributed by atoms with Crippen molar-refractivity contribution in [3.63, 3.8) is 0 Å². The SMILES string of the molecule is c1ccnnc1.c1cnncn1.c1ncncn1. The molecule has 0 aliphatic heterocycles. The zero-order valence-corrected chi connectivity index (χ0v) is 9.35. The van der Waals surface area contributed by atoms with E-state index in [0.717, 1.165) is 0 Å². The van der Waals surface area contributed by atoms with Gasteiger partial charge >= 0.3 is 0 Å². The highest BCUT2D eigenvalue weighted by molar-refractivity contribution is 4.79. The Hall–Kier alpha value is -2.90. The number of aromatic nitrogens is 8. The maximum atomic E-state index is 3.61. The number of hydrogen-bond acceptors (Lipinski definition) is 8. The van der Waals surface area contributed by atoms with Crippen LogP contribution in [0.25, 0.3) is 0 Å². The minimum Gasteiger partial charge on any atom is -0.241 e. The third-order valence-electron chi connectivity index (χ3n) is 1.29. The van der Waals surface area contributed by atoms with Gasteiger partial charge in [0.25, 0.3) is 0 Å². The average Bonchev–Trinajstić information content (AvgIpc) is 2.54. The van der Waals surface area contributed by atoms with Crippen molar-refractivity contribution in [3.05, 3.63) is 62.2 Å². The number of rotatable bonds is 0. The summed E-state index contributed by atoms with van der Waals surface area (Å²) in [6.07, 6.45) is 12.1. The number of nitrogens with zero attached hydrogens (tertiary/aromatic N) is 8. The molecule has 0 aliphatic carbocycles. The van der Waals surface area contributed by atoms with Crippen molar-refractivity contribution < 1.29 is 0 Å². The van der Waals surface area contributed by atoms with Crippen molar-refractivity contribution in [2.24, 2.45) is 0 Å². The molecule has 0 N–H and O–H groups in total. The largest absolute Gasteiger partial charge is 0.241 e. The third kappa shape index (κ3) is 8.41. The predicted molar refractivity (Wildman–Crippen MR) is 61.7 cm³/mol. The number of hydrogen-bond donors (Lipinski definition) is 0. The second kappa shape index (κ2) is 10.6. The highest BCUT2D eigenvalue weighted by atomic mass is 15.1. The van der Waals surface area contributed by atoms with Gasteiger partial charge < -0.3 is 0 Å². The molecule has 3 aromatic heterocycles. The fourth-order valence-corrected chi connectivity index (χ4v) is 0.663. The van der Waals surface area contributed by atoms with Crippen molar-refractivity contribution in [2.45, 2.75) is 0 Å². The van der Waals surface area contributed by atoms with E-state index in [4.69, 9.17) is 0 Å². The predicted octanol–water partition coefficient (Wildman–Crippen LogP) is 0.220. The van der Waals surface area contributed by atoms with E-state index in [1.54, 1.807) is 18.6 Å². The van der Waals surface area contributed by atoms with Crippen molar-refractivity contribution >= 4 is 0 Å². The summed E-state index contributed by atoms with van der Waals surface area (Å²) < 4.78 is 0. The zero-order chi connectivity index (χ0) is 12.7. The smallest absolute Gasteiger partial charge is 0.138 e. The molecule has 0 bridgehead atoms. The highest BCUT2D eigenvalue weighted by Crippen LogP contribution is 1.68. The van der Waals surface area contributed by atoms with E-state index in [-0.39, 0.29) is 0 Å². The van der Waals surface area contributed by atoms with Crippen LogP contribution in [0.5, 0.6) is 0 Å². The monoisotopic (exact) mass is 242 g/mol. The van der Waals surface area contributed by atoms with Crippen LogP contribution in [-0.2, 0) is 0 Å². The van der Waals surface area contributed by atoms with Crippen molar-refractivity contribution in [1.82, 2.24) is 40.3 Å². The van der Waals surface area contributed by atoms with Crippen LogP contribution in [0.2, 0.25) is 0 Å². The maximum Gasteiger partial charge on any atom is 0.138 e. The summed E-state index contributed by atoms with van der Waals surface area (Å²) in [7, 11) is 0. The van der Waals surface area contributed by atoms with Crippen LogP contribution in [0.1, 0.15) is 0 Å². The molecule has 0 saturated heterocycles. The normalized spacial score (nSPS) is 8.00. The topological polar surface area (TPSA) is 103 Å². The molecule has 18 heavy (non-hydrogen) atoms. The molecule has 0 atom stereocenters. The Bertz CT molecular complexity index is 309. The molecule has 0 amide bonds. The summed E-state index contributed by atoms with van der Waals surface area (Å²) >= 11 is 0. The molecule has 0 spiro atoms. The Labute approximate surface area is 103 Å². The average molecular weight is 242 g/mol. The van der Waals surface area contributed by atoms with Gasteiger partial charge in [-0.25, -0.2) is 19.9 Å². The molecular formula is C10H10N8. The molecule has 3 aromatic rings. The molecule has 0 unspecified atom stereocenters. The molecule has 0 aliphatic rings. The van der Waals surface area contributed by atoms with Gasteiger partial charge in [0.2, 0.25) is 0 Å². The van der Waals surface area contributed by atoms with Gasteiger partial charge in [-0.1, -0.05) is 0 Å². The Morgan fingerprint density at radius 2 is 0.944 bits per heavy atom. The summed E-state index contributed by atoms with van der Waals surface area (Å²) in [5.41, 5.74) is 0. The van der Waals surface area contributed by atoms with Crippen LogP contribution in [0.4, 0.5) is 0 Å². The van der Waals surface area contributed by atoms with Gasteiger partial charge in [0, 0.05) is 18.6 Å². The third-order valence-corrected chi connectivity index (χ3v) is 1.29. The summed E-state index contributed by atoms with van der Waals surface area (Å²) in [5.74, 6) is 0. The standard InChI is InChI=1S/C4H4N2.2C3H3N3/c1-2-4-6-5-3-1;1-4-2-6-3-5-1;1-2-5-6-3-4-1/h1-4H;2*1-3H. The van der Waals surface area contributed by atoms with E-state index in [0.29, 0.717) is 0 Å². The van der Waals surface area contributed by atoms with Gasteiger partial charge in [0.15, 0.2) is 0 Å². The lowest BCUT2D eigenvalue weighted by Gasteiger charge is -1.69. The molecule has 90 valence electrons. The Balaban J connectivity index is 0.000000135. The van der Waals surface area contributed by atoms with Gasteiger partial charge in [-0.15, -0.1) is 5.10 Å². The molecule has 3 rings (SSSR count). The molecular weight excluding hydrogens is 232 g/mol. The molecule has 0 radical (unpaired) electrons. The summed E-state index contributed by atoms with van der Waals surface area (Å²) in [4.78, 5) is 14.3. The lowest BCUT2D eigenvalue weighted by molar-refractivity contribution is 0.969. The van der Waals surface area contributed by atoms with Gasteiger partial charge in [-0.2, -0.15) is 15.3 Å². The molecule has 0 aromatic carbocycles. The minimum absolute atomic E-state index is 1.39. The maximum absolute atomic E-state index is 3.61. The molecule has 8 nitrogen and oxygen atoms in total. The fourth-order valence-electron chi connectivity index (χ4n) is 0.663. The van der Waals surface area contributed by atoms with E-state index in [2.05, 4.69) is 40.3 Å². The molecule has 0 fully saturated rings. The second-order valence-electron chi connectivity index (χ2n) is 2.50. The Kier molecular flexibility index (Phi) is 7.76. The lowest BCUT2D eigenvalue weighted by atomic mass is 10.6. The zero-order valence-electron chi connectivity index (χ0n) is 9.35. The minimum atomic E-state index is 1.39.